The Hall–Kier alpha value is -2.46. The first-order valence-corrected chi connectivity index (χ1v) is 20.4. The van der Waals surface area contributed by atoms with Crippen LogP contribution in [0.3, 0.4) is 0 Å². The summed E-state index contributed by atoms with van der Waals surface area (Å²) in [6, 6.07) is 0. The van der Waals surface area contributed by atoms with Gasteiger partial charge in [0.25, 0.3) is 0 Å². The summed E-state index contributed by atoms with van der Waals surface area (Å²) in [4.78, 5) is 50.1. The number of amides is 1. The van der Waals surface area contributed by atoms with E-state index in [1.54, 1.807) is 13.8 Å². The van der Waals surface area contributed by atoms with Crippen LogP contribution in [0.5, 0.6) is 0 Å². The summed E-state index contributed by atoms with van der Waals surface area (Å²) in [7, 11) is 0. The predicted octanol–water partition coefficient (Wildman–Crippen LogP) is 7.15. The molecule has 3 unspecified atom stereocenters. The number of hydrogen-bond acceptors (Lipinski definition) is 7. The van der Waals surface area contributed by atoms with E-state index in [9.17, 15) is 34.5 Å². The lowest BCUT2D eigenvalue weighted by Gasteiger charge is -2.72. The topological polar surface area (TPSA) is 170 Å². The molecular formula is C43H69NO9. The molecule has 0 bridgehead atoms. The summed E-state index contributed by atoms with van der Waals surface area (Å²) >= 11 is 0. The number of aliphatic carboxylic acids is 2. The second kappa shape index (κ2) is 14.6. The molecule has 0 aliphatic heterocycles. The molecule has 10 heteroatoms. The number of carboxylic acid groups (broad SMARTS) is 2. The van der Waals surface area contributed by atoms with E-state index in [1.807, 2.05) is 0 Å². The molecule has 0 aromatic rings. The highest BCUT2D eigenvalue weighted by Gasteiger charge is 2.72. The number of carboxylic acids is 2. The van der Waals surface area contributed by atoms with E-state index in [4.69, 9.17) is 9.84 Å². The fourth-order valence-corrected chi connectivity index (χ4v) is 13.6. The number of rotatable bonds is 13. The lowest BCUT2D eigenvalue weighted by molar-refractivity contribution is -0.249. The number of fused-ring (bicyclic) bond motifs is 7. The Labute approximate surface area is 317 Å². The van der Waals surface area contributed by atoms with Crippen LogP contribution < -0.4 is 5.32 Å². The highest BCUT2D eigenvalue weighted by atomic mass is 16.5. The van der Waals surface area contributed by atoms with E-state index < -0.39 is 47.4 Å². The van der Waals surface area contributed by atoms with Crippen molar-refractivity contribution in [1.29, 1.82) is 0 Å². The van der Waals surface area contributed by atoms with Crippen molar-refractivity contribution in [2.45, 2.75) is 164 Å². The number of allylic oxidation sites excluding steroid dienone is 1. The molecule has 5 fully saturated rings. The first-order chi connectivity index (χ1) is 24.5. The molecule has 5 aliphatic carbocycles. The molecular weight excluding hydrogens is 674 g/mol. The number of nitrogens with one attached hydrogen (secondary N) is 1. The van der Waals surface area contributed by atoms with Crippen LogP contribution >= 0.6 is 0 Å². The fourth-order valence-electron chi connectivity index (χ4n) is 13.6. The quantitative estimate of drug-likeness (QED) is 0.0971. The van der Waals surface area contributed by atoms with Gasteiger partial charge in [0.1, 0.15) is 6.10 Å². The second-order valence-electron chi connectivity index (χ2n) is 20.2. The third-order valence-electron chi connectivity index (χ3n) is 16.6. The minimum Gasteiger partial charge on any atom is -0.481 e. The zero-order valence-electron chi connectivity index (χ0n) is 33.8. The van der Waals surface area contributed by atoms with Gasteiger partial charge in [0.2, 0.25) is 5.91 Å². The molecule has 10 nitrogen and oxygen atoms in total. The molecule has 12 atom stereocenters. The van der Waals surface area contributed by atoms with E-state index in [-0.39, 0.29) is 71.3 Å². The SMILES string of the molecule is C=C(C)[C@@H]1CC[C@]2(C(=O)NCCC(O)CC(O)CC(=O)O)CC[C@]3(C)[C@H](CC[C@@H]4[C@@]5(C)CCC(OC(=O)CC(C)(C)C(=O)O)C(C)(C)[C@@H]5CC[C@]43C)[C@@H]12. The van der Waals surface area contributed by atoms with Gasteiger partial charge in [0, 0.05) is 12.0 Å². The summed E-state index contributed by atoms with van der Waals surface area (Å²) in [6.07, 6.45) is 6.94. The normalized spacial score (nSPS) is 40.0. The van der Waals surface area contributed by atoms with Crippen molar-refractivity contribution in [2.75, 3.05) is 6.54 Å². The zero-order valence-corrected chi connectivity index (χ0v) is 33.8. The molecule has 0 spiro atoms. The maximum atomic E-state index is 14.4. The number of carbonyl (C=O) groups excluding carboxylic acids is 2. The third-order valence-corrected chi connectivity index (χ3v) is 16.6. The van der Waals surface area contributed by atoms with Crippen molar-refractivity contribution in [3.8, 4) is 0 Å². The monoisotopic (exact) mass is 743 g/mol. The highest BCUT2D eigenvalue weighted by molar-refractivity contribution is 5.84. The van der Waals surface area contributed by atoms with Gasteiger partial charge in [-0.2, -0.15) is 0 Å². The largest absolute Gasteiger partial charge is 0.481 e. The molecule has 300 valence electrons. The molecule has 53 heavy (non-hydrogen) atoms. The molecule has 0 heterocycles. The van der Waals surface area contributed by atoms with Gasteiger partial charge in [0.15, 0.2) is 0 Å². The van der Waals surface area contributed by atoms with Gasteiger partial charge in [-0.05, 0) is 144 Å². The number of aliphatic hydroxyl groups excluding tert-OH is 2. The van der Waals surface area contributed by atoms with Gasteiger partial charge in [-0.25, -0.2) is 0 Å². The molecule has 0 aromatic heterocycles. The van der Waals surface area contributed by atoms with Crippen LogP contribution in [-0.4, -0.2) is 69.1 Å². The number of aliphatic hydroxyl groups is 2. The van der Waals surface area contributed by atoms with Crippen molar-refractivity contribution in [1.82, 2.24) is 5.32 Å². The average Bonchev–Trinajstić information content (AvgIpc) is 3.43. The number of carbonyl (C=O) groups is 4. The van der Waals surface area contributed by atoms with E-state index in [0.29, 0.717) is 17.8 Å². The molecule has 5 N–H and O–H groups in total. The van der Waals surface area contributed by atoms with E-state index in [0.717, 1.165) is 69.8 Å². The van der Waals surface area contributed by atoms with Gasteiger partial charge < -0.3 is 30.5 Å². The Morgan fingerprint density at radius 3 is 2.15 bits per heavy atom. The Morgan fingerprint density at radius 2 is 1.53 bits per heavy atom. The smallest absolute Gasteiger partial charge is 0.309 e. The number of hydrogen-bond donors (Lipinski definition) is 5. The van der Waals surface area contributed by atoms with Crippen LogP contribution in [0.4, 0.5) is 0 Å². The highest BCUT2D eigenvalue weighted by Crippen LogP contribution is 2.77. The predicted molar refractivity (Wildman–Crippen MR) is 201 cm³/mol. The van der Waals surface area contributed by atoms with Gasteiger partial charge in [-0.15, -0.1) is 0 Å². The van der Waals surface area contributed by atoms with Crippen LogP contribution in [0.15, 0.2) is 12.2 Å². The summed E-state index contributed by atoms with van der Waals surface area (Å²) in [6.45, 7) is 22.1. The van der Waals surface area contributed by atoms with Gasteiger partial charge >= 0.3 is 17.9 Å². The van der Waals surface area contributed by atoms with E-state index in [2.05, 4.69) is 53.4 Å². The van der Waals surface area contributed by atoms with Crippen LogP contribution in [0.25, 0.3) is 0 Å². The molecule has 0 saturated heterocycles. The standard InChI is InChI=1S/C43H69NO9/c1-25(2)28-12-18-43(36(50)44-21-15-26(45)22-27(46)23-33(47)48)20-19-41(8)29(35(28)43)10-11-31-40(7)16-14-32(53-34(49)24-38(3,4)37(51)52)39(5,6)30(40)13-17-42(31,41)9/h26-32,35,45-46H,1,10-24H2,2-9H3,(H,44,50)(H,47,48)(H,51,52)/t26?,27?,28-,29+,30-,31+,32?,35+,40-,41+,42+,43-/m0/s1. The van der Waals surface area contributed by atoms with Crippen molar-refractivity contribution >= 4 is 23.8 Å². The molecule has 0 aromatic carbocycles. The van der Waals surface area contributed by atoms with Crippen LogP contribution in [0, 0.1) is 62.1 Å². The minimum absolute atomic E-state index is 0.0305. The van der Waals surface area contributed by atoms with E-state index in [1.165, 1.54) is 0 Å². The van der Waals surface area contributed by atoms with Crippen LogP contribution in [-0.2, 0) is 23.9 Å². The Bertz CT molecular complexity index is 1460. The second-order valence-corrected chi connectivity index (χ2v) is 20.2. The Morgan fingerprint density at radius 1 is 0.849 bits per heavy atom. The van der Waals surface area contributed by atoms with Crippen LogP contribution in [0.2, 0.25) is 0 Å². The van der Waals surface area contributed by atoms with Crippen molar-refractivity contribution < 1.29 is 44.3 Å². The molecule has 0 radical (unpaired) electrons. The minimum atomic E-state index is -1.18. The lowest BCUT2D eigenvalue weighted by Crippen LogP contribution is -2.67. The first-order valence-electron chi connectivity index (χ1n) is 20.4. The third kappa shape index (κ3) is 7.10. The number of ether oxygens (including phenoxy) is 1. The maximum Gasteiger partial charge on any atom is 0.309 e. The summed E-state index contributed by atoms with van der Waals surface area (Å²) in [5.74, 6) is -0.816. The maximum absolute atomic E-state index is 14.4. The zero-order chi connectivity index (χ0) is 39.5. The molecule has 5 aliphatic rings. The summed E-state index contributed by atoms with van der Waals surface area (Å²) in [5.41, 5.74) is -0.620. The van der Waals surface area contributed by atoms with Gasteiger partial charge in [0.05, 0.1) is 35.9 Å². The lowest BCUT2D eigenvalue weighted by atomic mass is 9.32. The number of esters is 1. The fraction of sp³-hybridized carbons (Fsp3) is 0.860. The first kappa shape index (κ1) is 41.7. The van der Waals surface area contributed by atoms with E-state index >= 15 is 0 Å². The average molecular weight is 744 g/mol. The Balaban J connectivity index is 1.34. The summed E-state index contributed by atoms with van der Waals surface area (Å²) in [5, 5.41) is 42.2. The van der Waals surface area contributed by atoms with Crippen molar-refractivity contribution in [3.63, 3.8) is 0 Å². The van der Waals surface area contributed by atoms with Gasteiger partial charge in [-0.1, -0.05) is 46.8 Å². The molecule has 5 saturated carbocycles. The van der Waals surface area contributed by atoms with Crippen molar-refractivity contribution in [2.24, 2.45) is 62.1 Å². The van der Waals surface area contributed by atoms with Gasteiger partial charge in [-0.3, -0.25) is 19.2 Å². The summed E-state index contributed by atoms with van der Waals surface area (Å²) < 4.78 is 6.15. The Kier molecular flexibility index (Phi) is 11.5. The van der Waals surface area contributed by atoms with Crippen molar-refractivity contribution in [3.05, 3.63) is 12.2 Å². The molecule has 5 rings (SSSR count). The molecule has 1 amide bonds. The van der Waals surface area contributed by atoms with Crippen LogP contribution in [0.1, 0.15) is 145 Å².